The third-order valence-electron chi connectivity index (χ3n) is 4.80. The molecule has 6 heteroatoms. The highest BCUT2D eigenvalue weighted by molar-refractivity contribution is 5.94. The van der Waals surface area contributed by atoms with Crippen molar-refractivity contribution in [3.63, 3.8) is 0 Å². The number of hydrogen-bond donors (Lipinski definition) is 0. The second-order valence-corrected chi connectivity index (χ2v) is 6.76. The monoisotopic (exact) mass is 385 g/mol. The van der Waals surface area contributed by atoms with Crippen molar-refractivity contribution in [2.45, 2.75) is 26.4 Å². The number of carbonyl (C=O) groups excluding carboxylic acids is 2. The van der Waals surface area contributed by atoms with Crippen molar-refractivity contribution >= 4 is 11.9 Å². The Labute approximate surface area is 164 Å². The zero-order chi connectivity index (χ0) is 19.9. The minimum Gasteiger partial charge on any atom is -0.489 e. The van der Waals surface area contributed by atoms with Gasteiger partial charge in [0.15, 0.2) is 0 Å². The van der Waals surface area contributed by atoms with Crippen LogP contribution in [0.5, 0.6) is 5.75 Å². The number of nitrogens with zero attached hydrogens (tertiary/aromatic N) is 1. The number of carbonyl (C=O) groups is 2. The molecule has 5 nitrogen and oxygen atoms in total. The fraction of sp³-hybridized carbons (Fsp3) is 0.364. The molecule has 0 bridgehead atoms. The van der Waals surface area contributed by atoms with Crippen molar-refractivity contribution in [1.29, 1.82) is 0 Å². The number of esters is 1. The van der Waals surface area contributed by atoms with Gasteiger partial charge in [0.25, 0.3) is 5.91 Å². The summed E-state index contributed by atoms with van der Waals surface area (Å²) in [6, 6.07) is 13.1. The van der Waals surface area contributed by atoms with Gasteiger partial charge in [0, 0.05) is 18.7 Å². The van der Waals surface area contributed by atoms with Gasteiger partial charge >= 0.3 is 5.97 Å². The Bertz CT molecular complexity index is 814. The van der Waals surface area contributed by atoms with Crippen LogP contribution >= 0.6 is 0 Å². The van der Waals surface area contributed by atoms with E-state index in [1.807, 2.05) is 0 Å². The molecule has 28 heavy (non-hydrogen) atoms. The number of likely N-dealkylation sites (tertiary alicyclic amines) is 1. The largest absolute Gasteiger partial charge is 0.489 e. The molecular formula is C22H24FNO4. The summed E-state index contributed by atoms with van der Waals surface area (Å²) in [5, 5.41) is 0. The predicted octanol–water partition coefficient (Wildman–Crippen LogP) is 3.82. The first-order valence-corrected chi connectivity index (χ1v) is 9.50. The molecule has 1 aliphatic rings. The fourth-order valence-electron chi connectivity index (χ4n) is 3.23. The van der Waals surface area contributed by atoms with E-state index in [2.05, 4.69) is 0 Å². The summed E-state index contributed by atoms with van der Waals surface area (Å²) in [6.45, 7) is 3.53. The molecule has 0 N–H and O–H groups in total. The molecule has 0 aromatic heterocycles. The molecule has 0 unspecified atom stereocenters. The molecule has 0 spiro atoms. The van der Waals surface area contributed by atoms with Gasteiger partial charge in [-0.05, 0) is 55.7 Å². The van der Waals surface area contributed by atoms with Crippen molar-refractivity contribution in [2.24, 2.45) is 5.92 Å². The van der Waals surface area contributed by atoms with Crippen molar-refractivity contribution < 1.29 is 23.5 Å². The van der Waals surface area contributed by atoms with Crippen LogP contribution in [-0.4, -0.2) is 36.5 Å². The van der Waals surface area contributed by atoms with E-state index in [0.29, 0.717) is 50.5 Å². The first-order valence-electron chi connectivity index (χ1n) is 9.50. The summed E-state index contributed by atoms with van der Waals surface area (Å²) in [5.74, 6) is -0.0886. The molecule has 0 saturated carbocycles. The molecule has 1 aliphatic heterocycles. The summed E-state index contributed by atoms with van der Waals surface area (Å²) < 4.78 is 23.8. The average molecular weight is 385 g/mol. The lowest BCUT2D eigenvalue weighted by Gasteiger charge is -2.31. The van der Waals surface area contributed by atoms with Crippen molar-refractivity contribution in [3.05, 3.63) is 65.5 Å². The molecular weight excluding hydrogens is 361 g/mol. The smallest absolute Gasteiger partial charge is 0.309 e. The molecule has 1 fully saturated rings. The van der Waals surface area contributed by atoms with Crippen LogP contribution in [0.25, 0.3) is 0 Å². The fourth-order valence-corrected chi connectivity index (χ4v) is 3.23. The topological polar surface area (TPSA) is 55.8 Å². The molecule has 0 aliphatic carbocycles. The summed E-state index contributed by atoms with van der Waals surface area (Å²) in [4.78, 5) is 26.4. The van der Waals surface area contributed by atoms with E-state index in [9.17, 15) is 14.0 Å². The Hall–Kier alpha value is -2.89. The molecule has 0 atom stereocenters. The van der Waals surface area contributed by atoms with Crippen LogP contribution in [0.2, 0.25) is 0 Å². The van der Waals surface area contributed by atoms with Crippen LogP contribution < -0.4 is 4.74 Å². The van der Waals surface area contributed by atoms with Gasteiger partial charge in [-0.2, -0.15) is 0 Å². The van der Waals surface area contributed by atoms with Crippen molar-refractivity contribution in [1.82, 2.24) is 4.90 Å². The number of ether oxygens (including phenoxy) is 2. The van der Waals surface area contributed by atoms with Gasteiger partial charge < -0.3 is 14.4 Å². The Morgan fingerprint density at radius 1 is 1.11 bits per heavy atom. The van der Waals surface area contributed by atoms with Gasteiger partial charge in [0.1, 0.15) is 18.2 Å². The van der Waals surface area contributed by atoms with Gasteiger partial charge in [-0.1, -0.05) is 18.2 Å². The van der Waals surface area contributed by atoms with E-state index in [1.54, 1.807) is 48.2 Å². The average Bonchev–Trinajstić information content (AvgIpc) is 2.73. The highest BCUT2D eigenvalue weighted by Crippen LogP contribution is 2.22. The van der Waals surface area contributed by atoms with Gasteiger partial charge in [0.2, 0.25) is 0 Å². The lowest BCUT2D eigenvalue weighted by molar-refractivity contribution is -0.149. The first-order chi connectivity index (χ1) is 13.6. The minimum absolute atomic E-state index is 0.0745. The Kier molecular flexibility index (Phi) is 6.63. The van der Waals surface area contributed by atoms with Crippen LogP contribution in [0.4, 0.5) is 4.39 Å². The number of halogens is 1. The maximum absolute atomic E-state index is 13.0. The highest BCUT2D eigenvalue weighted by atomic mass is 19.1. The first kappa shape index (κ1) is 19.9. The van der Waals surface area contributed by atoms with Crippen LogP contribution in [-0.2, 0) is 16.1 Å². The van der Waals surface area contributed by atoms with E-state index in [0.717, 1.165) is 5.56 Å². The van der Waals surface area contributed by atoms with Gasteiger partial charge in [-0.25, -0.2) is 4.39 Å². The quantitative estimate of drug-likeness (QED) is 0.710. The molecule has 3 rings (SSSR count). The van der Waals surface area contributed by atoms with Crippen LogP contribution in [0.15, 0.2) is 48.5 Å². The minimum atomic E-state index is -0.289. The van der Waals surface area contributed by atoms with Crippen molar-refractivity contribution in [3.8, 4) is 5.75 Å². The molecule has 2 aromatic carbocycles. The predicted molar refractivity (Wildman–Crippen MR) is 102 cm³/mol. The summed E-state index contributed by atoms with van der Waals surface area (Å²) in [6.07, 6.45) is 1.23. The molecule has 1 heterocycles. The van der Waals surface area contributed by atoms with Gasteiger partial charge in [-0.15, -0.1) is 0 Å². The summed E-state index contributed by atoms with van der Waals surface area (Å²) in [5.41, 5.74) is 1.39. The lowest BCUT2D eigenvalue weighted by Crippen LogP contribution is -2.40. The van der Waals surface area contributed by atoms with E-state index in [-0.39, 0.29) is 23.6 Å². The maximum Gasteiger partial charge on any atom is 0.309 e. The SMILES string of the molecule is CCOC(=O)C1CCN(C(=O)c2cccc(OCc3ccc(F)cc3)c2)CC1. The standard InChI is InChI=1S/C22H24FNO4/c1-2-27-22(26)17-10-12-24(13-11-17)21(25)18-4-3-5-20(14-18)28-15-16-6-8-19(23)9-7-16/h3-9,14,17H,2,10-13,15H2,1H3. The van der Waals surface area contributed by atoms with E-state index in [1.165, 1.54) is 12.1 Å². The molecule has 0 radical (unpaired) electrons. The van der Waals surface area contributed by atoms with Crippen LogP contribution in [0.3, 0.4) is 0 Å². The molecule has 1 amide bonds. The van der Waals surface area contributed by atoms with Crippen molar-refractivity contribution in [2.75, 3.05) is 19.7 Å². The summed E-state index contributed by atoms with van der Waals surface area (Å²) >= 11 is 0. The molecule has 2 aromatic rings. The van der Waals surface area contributed by atoms with Gasteiger partial charge in [0.05, 0.1) is 12.5 Å². The highest BCUT2D eigenvalue weighted by Gasteiger charge is 2.28. The van der Waals surface area contributed by atoms with Crippen LogP contribution in [0, 0.1) is 11.7 Å². The number of piperidine rings is 1. The number of hydrogen-bond acceptors (Lipinski definition) is 4. The Balaban J connectivity index is 1.56. The third-order valence-corrected chi connectivity index (χ3v) is 4.80. The maximum atomic E-state index is 13.0. The Morgan fingerprint density at radius 3 is 2.50 bits per heavy atom. The second kappa shape index (κ2) is 9.35. The zero-order valence-electron chi connectivity index (χ0n) is 15.9. The second-order valence-electron chi connectivity index (χ2n) is 6.76. The Morgan fingerprint density at radius 2 is 1.82 bits per heavy atom. The number of rotatable bonds is 6. The third kappa shape index (κ3) is 5.09. The molecule has 148 valence electrons. The zero-order valence-corrected chi connectivity index (χ0v) is 15.9. The summed E-state index contributed by atoms with van der Waals surface area (Å²) in [7, 11) is 0. The van der Waals surface area contributed by atoms with E-state index < -0.39 is 0 Å². The van der Waals surface area contributed by atoms with Crippen LogP contribution in [0.1, 0.15) is 35.7 Å². The normalized spacial score (nSPS) is 14.6. The number of amides is 1. The molecule has 1 saturated heterocycles. The van der Waals surface area contributed by atoms with E-state index in [4.69, 9.17) is 9.47 Å². The number of benzene rings is 2. The van der Waals surface area contributed by atoms with E-state index >= 15 is 0 Å². The lowest BCUT2D eigenvalue weighted by atomic mass is 9.96. The van der Waals surface area contributed by atoms with Gasteiger partial charge in [-0.3, -0.25) is 9.59 Å².